The first-order valence-electron chi connectivity index (χ1n) is 11.1. The molecule has 0 radical (unpaired) electrons. The topological polar surface area (TPSA) is 171 Å². The number of benzene rings is 1. The Hall–Kier alpha value is -2.63. The molecule has 5 atom stereocenters. The second-order valence-electron chi connectivity index (χ2n) is 8.43. The number of amides is 3. The molecule has 1 rings (SSSR count). The summed E-state index contributed by atoms with van der Waals surface area (Å²) in [5.41, 5.74) is 6.88. The van der Waals surface area contributed by atoms with Crippen LogP contribution in [0, 0.1) is 5.92 Å². The molecule has 10 nitrogen and oxygen atoms in total. The minimum atomic E-state index is -1.40. The Morgan fingerprint density at radius 3 is 2.00 bits per heavy atom. The zero-order valence-corrected chi connectivity index (χ0v) is 20.8. The van der Waals surface area contributed by atoms with E-state index < -0.39 is 54.0 Å². The van der Waals surface area contributed by atoms with Gasteiger partial charge in [0.2, 0.25) is 17.7 Å². The summed E-state index contributed by atoms with van der Waals surface area (Å²) < 4.78 is 0. The van der Waals surface area contributed by atoms with Gasteiger partial charge in [0, 0.05) is 0 Å². The third-order valence-electron chi connectivity index (χ3n) is 5.17. The van der Waals surface area contributed by atoms with Gasteiger partial charge in [0.25, 0.3) is 0 Å². The molecule has 0 saturated heterocycles. The van der Waals surface area contributed by atoms with Crippen LogP contribution in [0.1, 0.15) is 32.8 Å². The Morgan fingerprint density at radius 2 is 1.50 bits per heavy atom. The van der Waals surface area contributed by atoms with E-state index in [1.54, 1.807) is 13.8 Å². The molecule has 5 unspecified atom stereocenters. The second-order valence-corrected chi connectivity index (χ2v) is 9.42. The van der Waals surface area contributed by atoms with E-state index in [0.29, 0.717) is 5.75 Å². The summed E-state index contributed by atoms with van der Waals surface area (Å²) in [6.45, 7) is 4.74. The summed E-state index contributed by atoms with van der Waals surface area (Å²) in [5.74, 6) is -3.09. The zero-order chi connectivity index (χ0) is 25.8. The fourth-order valence-corrected chi connectivity index (χ4v) is 3.63. The average molecular weight is 497 g/mol. The number of carbonyl (C=O) groups is 4. The van der Waals surface area contributed by atoms with Crippen molar-refractivity contribution in [2.45, 2.75) is 63.9 Å². The molecule has 1 aromatic rings. The van der Waals surface area contributed by atoms with Crippen molar-refractivity contribution in [3.05, 3.63) is 35.9 Å². The Labute approximate surface area is 204 Å². The Morgan fingerprint density at radius 1 is 0.941 bits per heavy atom. The maximum atomic E-state index is 12.9. The minimum Gasteiger partial charge on any atom is -0.480 e. The first-order chi connectivity index (χ1) is 16.0. The van der Waals surface area contributed by atoms with Crippen LogP contribution in [0.5, 0.6) is 0 Å². The van der Waals surface area contributed by atoms with Crippen LogP contribution in [0.3, 0.4) is 0 Å². The highest BCUT2D eigenvalue weighted by Gasteiger charge is 2.33. The van der Waals surface area contributed by atoms with Crippen molar-refractivity contribution in [3.63, 3.8) is 0 Å². The molecular formula is C23H36N4O6S. The minimum absolute atomic E-state index is 0.187. The van der Waals surface area contributed by atoms with Crippen molar-refractivity contribution in [3.8, 4) is 0 Å². The van der Waals surface area contributed by atoms with Crippen LogP contribution in [0.25, 0.3) is 0 Å². The molecule has 0 aliphatic rings. The van der Waals surface area contributed by atoms with Crippen molar-refractivity contribution in [1.82, 2.24) is 16.0 Å². The van der Waals surface area contributed by atoms with Crippen LogP contribution < -0.4 is 21.7 Å². The molecule has 0 saturated carbocycles. The number of nitrogens with two attached hydrogens (primary N) is 1. The molecule has 34 heavy (non-hydrogen) atoms. The van der Waals surface area contributed by atoms with E-state index in [9.17, 15) is 29.4 Å². The van der Waals surface area contributed by atoms with Gasteiger partial charge in [0.05, 0.1) is 12.1 Å². The van der Waals surface area contributed by atoms with Crippen LogP contribution >= 0.6 is 11.8 Å². The summed E-state index contributed by atoms with van der Waals surface area (Å²) >= 11 is 1.43. The van der Waals surface area contributed by atoms with Gasteiger partial charge in [-0.05, 0) is 43.3 Å². The summed E-state index contributed by atoms with van der Waals surface area (Å²) in [6, 6.07) is 4.74. The standard InChI is InChI=1S/C23H36N4O6S/c1-13(2)18(26-20(29)16(24)12-15-8-6-5-7-9-15)21(30)27-19(14(3)28)22(31)25-17(23(32)33)10-11-34-4/h5-9,13-14,16-19,28H,10-12,24H2,1-4H3,(H,25,31)(H,26,29)(H,27,30)(H,32,33). The van der Waals surface area contributed by atoms with Gasteiger partial charge in [-0.3, -0.25) is 14.4 Å². The molecule has 0 aliphatic carbocycles. The highest BCUT2D eigenvalue weighted by Crippen LogP contribution is 2.08. The lowest BCUT2D eigenvalue weighted by atomic mass is 10.0. The Balaban J connectivity index is 2.86. The highest BCUT2D eigenvalue weighted by atomic mass is 32.2. The van der Waals surface area contributed by atoms with Gasteiger partial charge < -0.3 is 31.9 Å². The van der Waals surface area contributed by atoms with E-state index >= 15 is 0 Å². The van der Waals surface area contributed by atoms with E-state index in [4.69, 9.17) is 5.73 Å². The van der Waals surface area contributed by atoms with E-state index in [2.05, 4.69) is 16.0 Å². The fraction of sp³-hybridized carbons (Fsp3) is 0.565. The van der Waals surface area contributed by atoms with Gasteiger partial charge in [-0.15, -0.1) is 0 Å². The number of carboxylic acids is 1. The predicted octanol–water partition coefficient (Wildman–Crippen LogP) is -0.115. The molecule has 190 valence electrons. The number of thioether (sulfide) groups is 1. The number of aliphatic hydroxyl groups is 1. The molecule has 0 aliphatic heterocycles. The lowest BCUT2D eigenvalue weighted by Gasteiger charge is -2.28. The molecule has 0 spiro atoms. The van der Waals surface area contributed by atoms with E-state index in [1.165, 1.54) is 18.7 Å². The van der Waals surface area contributed by atoms with E-state index in [1.807, 2.05) is 36.6 Å². The number of hydrogen-bond acceptors (Lipinski definition) is 7. The average Bonchev–Trinajstić information content (AvgIpc) is 2.77. The number of nitrogens with one attached hydrogen (secondary N) is 3. The van der Waals surface area contributed by atoms with Gasteiger partial charge in [-0.1, -0.05) is 44.2 Å². The van der Waals surface area contributed by atoms with Crippen molar-refractivity contribution >= 4 is 35.5 Å². The number of rotatable bonds is 14. The number of carbonyl (C=O) groups excluding carboxylic acids is 3. The van der Waals surface area contributed by atoms with Crippen molar-refractivity contribution in [2.75, 3.05) is 12.0 Å². The number of aliphatic hydroxyl groups excluding tert-OH is 1. The molecule has 0 heterocycles. The highest BCUT2D eigenvalue weighted by molar-refractivity contribution is 7.98. The maximum absolute atomic E-state index is 12.9. The van der Waals surface area contributed by atoms with Crippen LogP contribution in [0.15, 0.2) is 30.3 Å². The second kappa shape index (κ2) is 14.6. The molecule has 0 aromatic heterocycles. The SMILES string of the molecule is CSCCC(NC(=O)C(NC(=O)C(NC(=O)C(N)Cc1ccccc1)C(C)C)C(C)O)C(=O)O. The molecule has 0 bridgehead atoms. The first kappa shape index (κ1) is 29.4. The largest absolute Gasteiger partial charge is 0.480 e. The number of hydrogen-bond donors (Lipinski definition) is 6. The smallest absolute Gasteiger partial charge is 0.326 e. The molecule has 11 heteroatoms. The van der Waals surface area contributed by atoms with Crippen LogP contribution in [-0.2, 0) is 25.6 Å². The Kier molecular flexibility index (Phi) is 12.6. The number of aliphatic carboxylic acids is 1. The molecule has 1 aromatic carbocycles. The molecule has 0 fully saturated rings. The molecule has 7 N–H and O–H groups in total. The first-order valence-corrected chi connectivity index (χ1v) is 12.5. The summed E-state index contributed by atoms with van der Waals surface area (Å²) in [6.07, 6.45) is 0.978. The third-order valence-corrected chi connectivity index (χ3v) is 5.81. The zero-order valence-electron chi connectivity index (χ0n) is 20.0. The van der Waals surface area contributed by atoms with Gasteiger partial charge in [-0.25, -0.2) is 4.79 Å². The summed E-state index contributed by atoms with van der Waals surface area (Å²) in [4.78, 5) is 49.7. The molecule has 3 amide bonds. The molecular weight excluding hydrogens is 460 g/mol. The lowest BCUT2D eigenvalue weighted by molar-refractivity contribution is -0.143. The normalized spacial score (nSPS) is 15.5. The van der Waals surface area contributed by atoms with Crippen LogP contribution in [-0.4, -0.2) is 76.2 Å². The van der Waals surface area contributed by atoms with Crippen molar-refractivity contribution in [1.29, 1.82) is 0 Å². The maximum Gasteiger partial charge on any atom is 0.326 e. The monoisotopic (exact) mass is 496 g/mol. The predicted molar refractivity (Wildman–Crippen MR) is 131 cm³/mol. The Bertz CT molecular complexity index is 821. The van der Waals surface area contributed by atoms with Crippen LogP contribution in [0.2, 0.25) is 0 Å². The lowest BCUT2D eigenvalue weighted by Crippen LogP contribution is -2.61. The van der Waals surface area contributed by atoms with Crippen LogP contribution in [0.4, 0.5) is 0 Å². The van der Waals surface area contributed by atoms with Gasteiger partial charge in [-0.2, -0.15) is 11.8 Å². The van der Waals surface area contributed by atoms with Crippen molar-refractivity contribution < 1.29 is 29.4 Å². The van der Waals surface area contributed by atoms with Gasteiger partial charge >= 0.3 is 5.97 Å². The number of carboxylic acid groups (broad SMARTS) is 1. The summed E-state index contributed by atoms with van der Waals surface area (Å²) in [5, 5.41) is 26.8. The summed E-state index contributed by atoms with van der Waals surface area (Å²) in [7, 11) is 0. The van der Waals surface area contributed by atoms with E-state index in [-0.39, 0.29) is 18.8 Å². The fourth-order valence-electron chi connectivity index (χ4n) is 3.16. The van der Waals surface area contributed by atoms with Crippen molar-refractivity contribution in [2.24, 2.45) is 11.7 Å². The van der Waals surface area contributed by atoms with Gasteiger partial charge in [0.1, 0.15) is 18.1 Å². The quantitative estimate of drug-likeness (QED) is 0.207. The van der Waals surface area contributed by atoms with Gasteiger partial charge in [0.15, 0.2) is 0 Å². The van der Waals surface area contributed by atoms with E-state index in [0.717, 1.165) is 5.56 Å². The third kappa shape index (κ3) is 9.70.